The third-order valence-corrected chi connectivity index (χ3v) is 2.23. The quantitative estimate of drug-likeness (QED) is 0.526. The number of aliphatic carboxylic acids is 1. The van der Waals surface area contributed by atoms with Crippen LogP contribution in [0.5, 0.6) is 11.5 Å². The van der Waals surface area contributed by atoms with E-state index in [1.54, 1.807) is 18.2 Å². The average Bonchev–Trinajstić information content (AvgIpc) is 2.28. The zero-order valence-corrected chi connectivity index (χ0v) is 13.6. The average molecular weight is 282 g/mol. The summed E-state index contributed by atoms with van der Waals surface area (Å²) in [6, 6.07) is 4.95. The van der Waals surface area contributed by atoms with Crippen LogP contribution in [0.2, 0.25) is 0 Å². The summed E-state index contributed by atoms with van der Waals surface area (Å²) in [5.74, 6) is -0.0952. The third kappa shape index (κ3) is 6.09. The van der Waals surface area contributed by atoms with E-state index in [1.165, 1.54) is 7.11 Å². The standard InChI is InChI=1S/C10H12O5S.K/c1-14-9-6-7(3-5-10(11)12)2-4-8(9)15-16-13;/h2,4,6,13H,3,5H2,1H3,(H,11,12);/q;+1/p-1. The van der Waals surface area contributed by atoms with Crippen LogP contribution in [0.25, 0.3) is 0 Å². The molecule has 0 aliphatic heterocycles. The first-order valence-electron chi connectivity index (χ1n) is 4.52. The first-order valence-corrected chi connectivity index (χ1v) is 5.19. The molecule has 0 bridgehead atoms. The van der Waals surface area contributed by atoms with E-state index >= 15 is 0 Å². The van der Waals surface area contributed by atoms with Crippen molar-refractivity contribution in [1.82, 2.24) is 0 Å². The largest absolute Gasteiger partial charge is 1.00 e. The molecular weight excluding hydrogens is 271 g/mol. The molecule has 0 saturated carbocycles. The molecule has 0 aliphatic rings. The monoisotopic (exact) mass is 282 g/mol. The van der Waals surface area contributed by atoms with Crippen molar-refractivity contribution >= 4 is 18.3 Å². The van der Waals surface area contributed by atoms with Gasteiger partial charge >= 0.3 is 57.4 Å². The molecule has 0 amide bonds. The number of rotatable bonds is 6. The Kier molecular flexibility index (Phi) is 9.33. The van der Waals surface area contributed by atoms with Crippen LogP contribution in [-0.2, 0) is 11.2 Å². The second kappa shape index (κ2) is 9.20. The molecule has 0 aliphatic carbocycles. The summed E-state index contributed by atoms with van der Waals surface area (Å²) < 4.78 is 20.0. The Morgan fingerprint density at radius 1 is 1.47 bits per heavy atom. The molecular formula is C10H11KO5S. The van der Waals surface area contributed by atoms with Crippen molar-refractivity contribution in [2.45, 2.75) is 12.8 Å². The van der Waals surface area contributed by atoms with E-state index in [0.717, 1.165) is 5.56 Å². The predicted molar refractivity (Wildman–Crippen MR) is 57.9 cm³/mol. The number of hydrogen-bond acceptors (Lipinski definition) is 5. The van der Waals surface area contributed by atoms with Crippen LogP contribution in [0, 0.1) is 0 Å². The zero-order chi connectivity index (χ0) is 12.0. The SMILES string of the molecule is COc1cc(CCC(=O)O)ccc1OS[O-].[K+]. The van der Waals surface area contributed by atoms with Gasteiger partial charge in [-0.15, -0.1) is 0 Å². The van der Waals surface area contributed by atoms with Gasteiger partial charge in [0.1, 0.15) is 0 Å². The first kappa shape index (κ1) is 17.2. The molecule has 0 heterocycles. The molecule has 1 rings (SSSR count). The number of hydrogen-bond donors (Lipinski definition) is 1. The predicted octanol–water partition coefficient (Wildman–Crippen LogP) is -1.13. The molecule has 7 heteroatoms. The van der Waals surface area contributed by atoms with Crippen molar-refractivity contribution in [3.05, 3.63) is 23.8 Å². The number of methoxy groups -OCH3 is 1. The Morgan fingerprint density at radius 2 is 2.18 bits per heavy atom. The number of carbonyl (C=O) groups is 1. The van der Waals surface area contributed by atoms with Gasteiger partial charge in [-0.25, -0.2) is 0 Å². The van der Waals surface area contributed by atoms with Gasteiger partial charge in [0.05, 0.1) is 7.11 Å². The van der Waals surface area contributed by atoms with Crippen molar-refractivity contribution < 1.29 is 74.8 Å². The molecule has 1 N–H and O–H groups in total. The Morgan fingerprint density at radius 3 is 2.71 bits per heavy atom. The molecule has 0 spiro atoms. The molecule has 1 aromatic carbocycles. The fourth-order valence-electron chi connectivity index (χ4n) is 1.22. The fourth-order valence-corrected chi connectivity index (χ4v) is 1.44. The van der Waals surface area contributed by atoms with Crippen molar-refractivity contribution in [3.63, 3.8) is 0 Å². The van der Waals surface area contributed by atoms with Gasteiger partial charge in [-0.3, -0.25) is 4.79 Å². The number of benzene rings is 1. The Bertz CT molecular complexity index is 372. The minimum Gasteiger partial charge on any atom is -0.766 e. The number of aryl methyl sites for hydroxylation is 1. The minimum atomic E-state index is -0.852. The normalized spacial score (nSPS) is 9.29. The topological polar surface area (TPSA) is 78.8 Å². The van der Waals surface area contributed by atoms with Gasteiger partial charge < -0.3 is 18.6 Å². The van der Waals surface area contributed by atoms with Crippen molar-refractivity contribution in [2.24, 2.45) is 0 Å². The molecule has 5 nitrogen and oxygen atoms in total. The fraction of sp³-hybridized carbons (Fsp3) is 0.300. The van der Waals surface area contributed by atoms with Crippen LogP contribution < -0.4 is 60.3 Å². The maximum Gasteiger partial charge on any atom is 1.00 e. The molecule has 88 valence electrons. The summed E-state index contributed by atoms with van der Waals surface area (Å²) in [5, 5.41) is 8.54. The van der Waals surface area contributed by atoms with Crippen molar-refractivity contribution in [1.29, 1.82) is 0 Å². The van der Waals surface area contributed by atoms with Crippen LogP contribution >= 0.6 is 12.3 Å². The van der Waals surface area contributed by atoms with Crippen LogP contribution in [0.1, 0.15) is 12.0 Å². The van der Waals surface area contributed by atoms with Gasteiger partial charge in [0.25, 0.3) is 0 Å². The molecule has 17 heavy (non-hydrogen) atoms. The first-order chi connectivity index (χ1) is 7.67. The van der Waals surface area contributed by atoms with Gasteiger partial charge in [0.2, 0.25) is 0 Å². The van der Waals surface area contributed by atoms with Crippen LogP contribution in [-0.4, -0.2) is 22.7 Å². The summed E-state index contributed by atoms with van der Waals surface area (Å²) in [4.78, 5) is 10.4. The number of carboxylic acids is 1. The molecule has 0 radical (unpaired) electrons. The van der Waals surface area contributed by atoms with Gasteiger partial charge in [-0.2, -0.15) is 0 Å². The summed E-state index contributed by atoms with van der Waals surface area (Å²) in [7, 11) is 1.46. The van der Waals surface area contributed by atoms with E-state index in [-0.39, 0.29) is 70.1 Å². The second-order valence-corrected chi connectivity index (χ2v) is 3.33. The second-order valence-electron chi connectivity index (χ2n) is 3.03. The summed E-state index contributed by atoms with van der Waals surface area (Å²) >= 11 is -0.0157. The molecule has 0 unspecified atom stereocenters. The third-order valence-electron chi connectivity index (χ3n) is 1.98. The van der Waals surface area contributed by atoms with E-state index in [9.17, 15) is 9.35 Å². The Hall–Kier alpha value is 0.236. The van der Waals surface area contributed by atoms with Crippen LogP contribution in [0.3, 0.4) is 0 Å². The summed E-state index contributed by atoms with van der Waals surface area (Å²) in [5.41, 5.74) is 0.822. The summed E-state index contributed by atoms with van der Waals surface area (Å²) in [6.45, 7) is 0. The van der Waals surface area contributed by atoms with Gasteiger partial charge in [-0.05, 0) is 36.4 Å². The van der Waals surface area contributed by atoms with E-state index in [1.807, 2.05) is 0 Å². The van der Waals surface area contributed by atoms with Gasteiger partial charge in [0, 0.05) is 6.42 Å². The molecule has 0 atom stereocenters. The maximum atomic E-state index is 10.4. The zero-order valence-electron chi connectivity index (χ0n) is 9.63. The van der Waals surface area contributed by atoms with Crippen LogP contribution in [0.15, 0.2) is 18.2 Å². The Balaban J connectivity index is 0.00000256. The molecule has 0 fully saturated rings. The van der Waals surface area contributed by atoms with E-state index in [2.05, 4.69) is 0 Å². The molecule has 1 aromatic rings. The van der Waals surface area contributed by atoms with Crippen LogP contribution in [0.4, 0.5) is 0 Å². The van der Waals surface area contributed by atoms with Gasteiger partial charge in [-0.1, -0.05) is 6.07 Å². The minimum absolute atomic E-state index is 0. The summed E-state index contributed by atoms with van der Waals surface area (Å²) in [6.07, 6.45) is 0.468. The number of ether oxygens (including phenoxy) is 1. The maximum absolute atomic E-state index is 10.4. The smallest absolute Gasteiger partial charge is 0.766 e. The van der Waals surface area contributed by atoms with Gasteiger partial charge in [0.15, 0.2) is 11.5 Å². The van der Waals surface area contributed by atoms with E-state index in [0.29, 0.717) is 17.9 Å². The molecule has 0 saturated heterocycles. The number of carboxylic acid groups (broad SMARTS) is 1. The van der Waals surface area contributed by atoms with E-state index in [4.69, 9.17) is 14.0 Å². The van der Waals surface area contributed by atoms with Crippen molar-refractivity contribution in [2.75, 3.05) is 7.11 Å². The Labute approximate surface area is 146 Å². The van der Waals surface area contributed by atoms with Crippen molar-refractivity contribution in [3.8, 4) is 11.5 Å². The van der Waals surface area contributed by atoms with E-state index < -0.39 is 5.97 Å². The molecule has 0 aromatic heterocycles.